The van der Waals surface area contributed by atoms with Crippen molar-refractivity contribution in [1.29, 1.82) is 0 Å². The fraction of sp³-hybridized carbons (Fsp3) is 0.0769. The number of benzene rings is 3. The van der Waals surface area contributed by atoms with Crippen molar-refractivity contribution >= 4 is 33.1 Å². The van der Waals surface area contributed by atoms with Crippen molar-refractivity contribution in [2.24, 2.45) is 0 Å². The van der Waals surface area contributed by atoms with Gasteiger partial charge in [-0.2, -0.15) is 0 Å². The average molecular weight is 440 g/mol. The molecule has 5 rings (SSSR count). The fourth-order valence-corrected chi connectivity index (χ4v) is 4.40. The number of nitrogens with zero attached hydrogens (tertiary/aromatic N) is 2. The van der Waals surface area contributed by atoms with E-state index in [2.05, 4.69) is 32.8 Å². The first-order valence-electron chi connectivity index (χ1n) is 10.4. The van der Waals surface area contributed by atoms with Gasteiger partial charge >= 0.3 is 0 Å². The third-order valence-electron chi connectivity index (χ3n) is 4.96. The van der Waals surface area contributed by atoms with Crippen LogP contribution in [-0.2, 0) is 0 Å². The van der Waals surface area contributed by atoms with Crippen LogP contribution in [0.25, 0.3) is 21.3 Å². The van der Waals surface area contributed by atoms with Gasteiger partial charge < -0.3 is 14.8 Å². The first-order valence-corrected chi connectivity index (χ1v) is 11.2. The molecule has 0 aliphatic carbocycles. The van der Waals surface area contributed by atoms with Gasteiger partial charge in [0.15, 0.2) is 5.75 Å². The van der Waals surface area contributed by atoms with Crippen molar-refractivity contribution in [2.75, 3.05) is 11.9 Å². The van der Waals surface area contributed by atoms with Crippen LogP contribution < -0.4 is 14.8 Å². The molecule has 0 bridgehead atoms. The second-order valence-corrected chi connectivity index (χ2v) is 7.90. The van der Waals surface area contributed by atoms with E-state index in [1.54, 1.807) is 17.7 Å². The number of anilines is 2. The lowest BCUT2D eigenvalue weighted by molar-refractivity contribution is 0.340. The Morgan fingerprint density at radius 2 is 1.62 bits per heavy atom. The Hall–Kier alpha value is -3.90. The van der Waals surface area contributed by atoms with Gasteiger partial charge in [-0.05, 0) is 48.9 Å². The Morgan fingerprint density at radius 3 is 2.44 bits per heavy atom. The first-order chi connectivity index (χ1) is 15.8. The summed E-state index contributed by atoms with van der Waals surface area (Å²) in [6.07, 6.45) is 1.59. The summed E-state index contributed by atoms with van der Waals surface area (Å²) in [5.41, 5.74) is 3.00. The number of nitrogens with one attached hydrogen (secondary N) is 1. The van der Waals surface area contributed by atoms with E-state index in [0.717, 1.165) is 50.1 Å². The van der Waals surface area contributed by atoms with Gasteiger partial charge in [0.2, 0.25) is 0 Å². The van der Waals surface area contributed by atoms with E-state index in [-0.39, 0.29) is 0 Å². The summed E-state index contributed by atoms with van der Waals surface area (Å²) < 4.78 is 11.7. The second-order valence-electron chi connectivity index (χ2n) is 7.05. The molecule has 0 saturated carbocycles. The highest BCUT2D eigenvalue weighted by Gasteiger charge is 2.15. The van der Waals surface area contributed by atoms with Gasteiger partial charge in [0.05, 0.1) is 17.7 Å². The van der Waals surface area contributed by atoms with Gasteiger partial charge in [-0.25, -0.2) is 9.97 Å². The molecule has 0 spiro atoms. The van der Waals surface area contributed by atoms with E-state index < -0.39 is 0 Å². The van der Waals surface area contributed by atoms with Crippen LogP contribution in [0.15, 0.2) is 90.6 Å². The van der Waals surface area contributed by atoms with Gasteiger partial charge in [-0.1, -0.05) is 42.5 Å². The monoisotopic (exact) mass is 439 g/mol. The lowest BCUT2D eigenvalue weighted by Crippen LogP contribution is -1.98. The third kappa shape index (κ3) is 4.13. The molecule has 0 atom stereocenters. The van der Waals surface area contributed by atoms with Crippen molar-refractivity contribution in [1.82, 2.24) is 9.97 Å². The van der Waals surface area contributed by atoms with Gasteiger partial charge in [0.25, 0.3) is 0 Å². The molecule has 158 valence electrons. The summed E-state index contributed by atoms with van der Waals surface area (Å²) in [7, 11) is 0. The number of rotatable bonds is 7. The van der Waals surface area contributed by atoms with Crippen LogP contribution in [0.3, 0.4) is 0 Å². The average Bonchev–Trinajstić information content (AvgIpc) is 3.27. The Balaban J connectivity index is 1.52. The highest BCUT2D eigenvalue weighted by Crippen LogP contribution is 2.39. The van der Waals surface area contributed by atoms with Crippen LogP contribution in [0.5, 0.6) is 17.2 Å². The first kappa shape index (κ1) is 20.0. The zero-order valence-electron chi connectivity index (χ0n) is 17.5. The summed E-state index contributed by atoms with van der Waals surface area (Å²) in [4.78, 5) is 9.96. The van der Waals surface area contributed by atoms with E-state index in [4.69, 9.17) is 9.47 Å². The second kappa shape index (κ2) is 9.08. The Morgan fingerprint density at radius 1 is 0.844 bits per heavy atom. The van der Waals surface area contributed by atoms with Crippen LogP contribution in [0.1, 0.15) is 6.92 Å². The minimum Gasteiger partial charge on any atom is -0.494 e. The highest BCUT2D eigenvalue weighted by molar-refractivity contribution is 7.17. The normalized spacial score (nSPS) is 10.8. The molecule has 0 aliphatic rings. The quantitative estimate of drug-likeness (QED) is 0.288. The van der Waals surface area contributed by atoms with Gasteiger partial charge in [0.1, 0.15) is 28.5 Å². The molecule has 0 fully saturated rings. The Kier molecular flexibility index (Phi) is 5.68. The van der Waals surface area contributed by atoms with E-state index >= 15 is 0 Å². The molecule has 1 N–H and O–H groups in total. The van der Waals surface area contributed by atoms with E-state index in [1.807, 2.05) is 73.7 Å². The largest absolute Gasteiger partial charge is 0.494 e. The van der Waals surface area contributed by atoms with Gasteiger partial charge in [0, 0.05) is 10.9 Å². The summed E-state index contributed by atoms with van der Waals surface area (Å²) in [6, 6.07) is 25.7. The molecular formula is C26H21N3O2S. The van der Waals surface area contributed by atoms with Crippen LogP contribution in [0.4, 0.5) is 11.5 Å². The fourth-order valence-electron chi connectivity index (χ4n) is 3.48. The SMILES string of the molecule is CCOc1ccc(-c2csc3ncnc(Nc4ccccc4Oc4ccccc4)c23)cc1. The summed E-state index contributed by atoms with van der Waals surface area (Å²) in [6.45, 7) is 2.63. The zero-order chi connectivity index (χ0) is 21.8. The lowest BCUT2D eigenvalue weighted by Gasteiger charge is -2.13. The van der Waals surface area contributed by atoms with Crippen molar-refractivity contribution in [3.05, 3.63) is 90.6 Å². The predicted molar refractivity (Wildman–Crippen MR) is 130 cm³/mol. The van der Waals surface area contributed by atoms with Gasteiger partial charge in [-0.3, -0.25) is 0 Å². The van der Waals surface area contributed by atoms with E-state index in [1.165, 1.54) is 0 Å². The number of hydrogen-bond donors (Lipinski definition) is 1. The number of ether oxygens (including phenoxy) is 2. The molecule has 5 aromatic rings. The van der Waals surface area contributed by atoms with Crippen molar-refractivity contribution < 1.29 is 9.47 Å². The number of fused-ring (bicyclic) bond motifs is 1. The maximum Gasteiger partial charge on any atom is 0.150 e. The molecule has 2 aromatic heterocycles. The van der Waals surface area contributed by atoms with Gasteiger partial charge in [-0.15, -0.1) is 11.3 Å². The lowest BCUT2D eigenvalue weighted by atomic mass is 10.1. The molecule has 0 amide bonds. The molecule has 2 heterocycles. The topological polar surface area (TPSA) is 56.3 Å². The number of thiophene rings is 1. The summed E-state index contributed by atoms with van der Waals surface area (Å²) in [5, 5.41) is 6.57. The third-order valence-corrected chi connectivity index (χ3v) is 5.84. The van der Waals surface area contributed by atoms with E-state index in [9.17, 15) is 0 Å². The van der Waals surface area contributed by atoms with Crippen LogP contribution in [0.2, 0.25) is 0 Å². The Bertz CT molecular complexity index is 1330. The highest BCUT2D eigenvalue weighted by atomic mass is 32.1. The molecule has 0 aliphatic heterocycles. The van der Waals surface area contributed by atoms with E-state index in [0.29, 0.717) is 6.61 Å². The molecule has 6 heteroatoms. The van der Waals surface area contributed by atoms with Crippen molar-refractivity contribution in [2.45, 2.75) is 6.92 Å². The minimum atomic E-state index is 0.646. The van der Waals surface area contributed by atoms with Crippen molar-refractivity contribution in [3.8, 4) is 28.4 Å². The van der Waals surface area contributed by atoms with Crippen LogP contribution in [-0.4, -0.2) is 16.6 Å². The number of aromatic nitrogens is 2. The maximum atomic E-state index is 6.11. The molecular weight excluding hydrogens is 418 g/mol. The summed E-state index contributed by atoms with van der Waals surface area (Å²) >= 11 is 1.60. The smallest absolute Gasteiger partial charge is 0.150 e. The molecule has 0 saturated heterocycles. The maximum absolute atomic E-state index is 6.11. The van der Waals surface area contributed by atoms with Crippen LogP contribution >= 0.6 is 11.3 Å². The molecule has 0 unspecified atom stereocenters. The molecule has 5 nitrogen and oxygen atoms in total. The minimum absolute atomic E-state index is 0.646. The molecule has 3 aromatic carbocycles. The molecule has 0 radical (unpaired) electrons. The zero-order valence-corrected chi connectivity index (χ0v) is 18.3. The number of para-hydroxylation sites is 3. The van der Waals surface area contributed by atoms with Crippen LogP contribution in [0, 0.1) is 0 Å². The summed E-state index contributed by atoms with van der Waals surface area (Å²) in [5.74, 6) is 3.10. The predicted octanol–water partition coefficient (Wildman–Crippen LogP) is 7.29. The Labute approximate surface area is 190 Å². The molecule has 32 heavy (non-hydrogen) atoms. The number of hydrogen-bond acceptors (Lipinski definition) is 6. The van der Waals surface area contributed by atoms with Crippen molar-refractivity contribution in [3.63, 3.8) is 0 Å². The standard InChI is InChI=1S/C26H21N3O2S/c1-2-30-19-14-12-18(13-15-19)21-16-32-26-24(21)25(27-17-28-26)29-22-10-6-7-11-23(22)31-20-8-4-3-5-9-20/h3-17H,2H2,1H3,(H,27,28,29).